The fourth-order valence-electron chi connectivity index (χ4n) is 0.982. The second-order valence-electron chi connectivity index (χ2n) is 3.58. The summed E-state index contributed by atoms with van der Waals surface area (Å²) < 4.78 is 1.72. The molecule has 0 spiro atoms. The highest BCUT2D eigenvalue weighted by atomic mass is 16.1. The van der Waals surface area contributed by atoms with Crippen LogP contribution in [0.3, 0.4) is 0 Å². The van der Waals surface area contributed by atoms with E-state index in [1.165, 1.54) is 0 Å². The van der Waals surface area contributed by atoms with Crippen LogP contribution in [0.4, 0.5) is 0 Å². The van der Waals surface area contributed by atoms with Crippen LogP contribution in [0.5, 0.6) is 0 Å². The Hall–Kier alpha value is -1.05. The van der Waals surface area contributed by atoms with Gasteiger partial charge in [0.15, 0.2) is 0 Å². The van der Waals surface area contributed by atoms with E-state index in [0.717, 1.165) is 0 Å². The molecule has 0 amide bonds. The average Bonchev–Trinajstić information content (AvgIpc) is 1.86. The van der Waals surface area contributed by atoms with Crippen molar-refractivity contribution in [3.05, 3.63) is 34.7 Å². The van der Waals surface area contributed by atoms with Crippen LogP contribution in [-0.4, -0.2) is 4.57 Å². The van der Waals surface area contributed by atoms with Crippen LogP contribution in [0.25, 0.3) is 0 Å². The zero-order valence-electron chi connectivity index (χ0n) is 7.16. The molecular weight excluding hydrogens is 150 g/mol. The molecule has 0 N–H and O–H groups in total. The molecule has 0 aromatic carbocycles. The molecule has 0 aliphatic heterocycles. The van der Waals surface area contributed by atoms with Crippen molar-refractivity contribution in [1.82, 2.24) is 4.57 Å². The van der Waals surface area contributed by atoms with E-state index in [1.54, 1.807) is 16.7 Å². The SMILES string of the molecule is C.CC(C)(C)n1ccccc1=O. The number of hydrogen-bond donors (Lipinski definition) is 0. The molecule has 0 saturated carbocycles. The van der Waals surface area contributed by atoms with Gasteiger partial charge in [-0.25, -0.2) is 0 Å². The normalized spacial score (nSPS) is 10.6. The lowest BCUT2D eigenvalue weighted by atomic mass is 10.1. The highest BCUT2D eigenvalue weighted by Gasteiger charge is 2.12. The minimum atomic E-state index is -0.113. The van der Waals surface area contributed by atoms with E-state index < -0.39 is 0 Å². The smallest absolute Gasteiger partial charge is 0.250 e. The first-order valence-electron chi connectivity index (χ1n) is 3.70. The molecule has 0 bridgehead atoms. The highest BCUT2D eigenvalue weighted by molar-refractivity contribution is 4.96. The number of hydrogen-bond acceptors (Lipinski definition) is 1. The quantitative estimate of drug-likeness (QED) is 0.581. The summed E-state index contributed by atoms with van der Waals surface area (Å²) in [4.78, 5) is 11.2. The van der Waals surface area contributed by atoms with Gasteiger partial charge in [0, 0.05) is 17.8 Å². The van der Waals surface area contributed by atoms with Crippen molar-refractivity contribution in [1.29, 1.82) is 0 Å². The van der Waals surface area contributed by atoms with Gasteiger partial charge in [-0.3, -0.25) is 4.79 Å². The van der Waals surface area contributed by atoms with E-state index >= 15 is 0 Å². The lowest BCUT2D eigenvalue weighted by molar-refractivity contribution is 0.384. The summed E-state index contributed by atoms with van der Waals surface area (Å²) in [6.45, 7) is 6.02. The van der Waals surface area contributed by atoms with Gasteiger partial charge in [0.1, 0.15) is 0 Å². The third-order valence-corrected chi connectivity index (χ3v) is 1.55. The zero-order valence-corrected chi connectivity index (χ0v) is 7.16. The summed E-state index contributed by atoms with van der Waals surface area (Å²) in [5, 5.41) is 0. The molecule has 0 saturated heterocycles. The monoisotopic (exact) mass is 167 g/mol. The number of nitrogens with zero attached hydrogens (tertiary/aromatic N) is 1. The first-order valence-corrected chi connectivity index (χ1v) is 3.70. The van der Waals surface area contributed by atoms with E-state index in [1.807, 2.05) is 33.0 Å². The largest absolute Gasteiger partial charge is 0.310 e. The maximum absolute atomic E-state index is 11.2. The number of pyridine rings is 1. The molecule has 0 unspecified atom stereocenters. The van der Waals surface area contributed by atoms with Crippen LogP contribution in [-0.2, 0) is 5.54 Å². The van der Waals surface area contributed by atoms with Gasteiger partial charge in [-0.05, 0) is 26.8 Å². The molecule has 0 fully saturated rings. The molecule has 0 aliphatic rings. The summed E-state index contributed by atoms with van der Waals surface area (Å²) in [7, 11) is 0. The zero-order chi connectivity index (χ0) is 8.48. The molecule has 0 atom stereocenters. The van der Waals surface area contributed by atoms with E-state index in [-0.39, 0.29) is 18.5 Å². The lowest BCUT2D eigenvalue weighted by Crippen LogP contribution is -2.32. The van der Waals surface area contributed by atoms with E-state index in [9.17, 15) is 4.79 Å². The van der Waals surface area contributed by atoms with Gasteiger partial charge in [0.05, 0.1) is 0 Å². The number of rotatable bonds is 0. The maximum Gasteiger partial charge on any atom is 0.250 e. The Balaban J connectivity index is 0.00000121. The third-order valence-electron chi connectivity index (χ3n) is 1.55. The van der Waals surface area contributed by atoms with Crippen LogP contribution in [0, 0.1) is 0 Å². The Morgan fingerprint density at radius 1 is 1.25 bits per heavy atom. The second kappa shape index (κ2) is 3.57. The van der Waals surface area contributed by atoms with E-state index in [0.29, 0.717) is 0 Å². The summed E-state index contributed by atoms with van der Waals surface area (Å²) in [5.41, 5.74) is -0.0572. The van der Waals surface area contributed by atoms with Crippen molar-refractivity contribution >= 4 is 0 Å². The molecule has 0 aliphatic carbocycles. The van der Waals surface area contributed by atoms with Gasteiger partial charge >= 0.3 is 0 Å². The van der Waals surface area contributed by atoms with Gasteiger partial charge in [-0.2, -0.15) is 0 Å². The summed E-state index contributed by atoms with van der Waals surface area (Å²) in [5.74, 6) is 0. The van der Waals surface area contributed by atoms with Crippen LogP contribution in [0.15, 0.2) is 29.2 Å². The molecule has 12 heavy (non-hydrogen) atoms. The fraction of sp³-hybridized carbons (Fsp3) is 0.500. The Morgan fingerprint density at radius 2 is 1.83 bits per heavy atom. The highest BCUT2D eigenvalue weighted by Crippen LogP contribution is 2.08. The van der Waals surface area contributed by atoms with Crippen molar-refractivity contribution in [2.75, 3.05) is 0 Å². The van der Waals surface area contributed by atoms with Crippen LogP contribution < -0.4 is 5.56 Å². The van der Waals surface area contributed by atoms with Crippen LogP contribution in [0.1, 0.15) is 28.2 Å². The Labute approximate surface area is 73.9 Å². The lowest BCUT2D eigenvalue weighted by Gasteiger charge is -2.21. The molecule has 1 heterocycles. The average molecular weight is 167 g/mol. The Bertz CT molecular complexity index is 293. The van der Waals surface area contributed by atoms with E-state index in [2.05, 4.69) is 0 Å². The van der Waals surface area contributed by atoms with Gasteiger partial charge in [0.2, 0.25) is 0 Å². The predicted molar refractivity (Wildman–Crippen MR) is 52.4 cm³/mol. The van der Waals surface area contributed by atoms with Gasteiger partial charge in [0.25, 0.3) is 5.56 Å². The van der Waals surface area contributed by atoms with Crippen LogP contribution in [0.2, 0.25) is 0 Å². The standard InChI is InChI=1S/C9H13NO.CH4/c1-9(2,3)10-7-5-4-6-8(10)11;/h4-7H,1-3H3;1H4. The molecule has 1 aromatic rings. The Morgan fingerprint density at radius 3 is 2.17 bits per heavy atom. The molecule has 68 valence electrons. The Kier molecular flexibility index (Phi) is 3.25. The molecule has 2 nitrogen and oxygen atoms in total. The van der Waals surface area contributed by atoms with Crippen molar-refractivity contribution in [2.24, 2.45) is 0 Å². The van der Waals surface area contributed by atoms with E-state index in [4.69, 9.17) is 0 Å². The molecule has 1 rings (SSSR count). The first kappa shape index (κ1) is 11.0. The predicted octanol–water partition coefficient (Wildman–Crippen LogP) is 2.24. The topological polar surface area (TPSA) is 22.0 Å². The minimum absolute atomic E-state index is 0. The van der Waals surface area contributed by atoms with Gasteiger partial charge in [-0.15, -0.1) is 0 Å². The van der Waals surface area contributed by atoms with Gasteiger partial charge in [-0.1, -0.05) is 13.5 Å². The number of aromatic nitrogens is 1. The van der Waals surface area contributed by atoms with Crippen molar-refractivity contribution in [3.63, 3.8) is 0 Å². The molecule has 0 radical (unpaired) electrons. The fourth-order valence-corrected chi connectivity index (χ4v) is 0.982. The third kappa shape index (κ3) is 2.22. The summed E-state index contributed by atoms with van der Waals surface area (Å²) in [6, 6.07) is 5.20. The first-order chi connectivity index (χ1) is 5.02. The molecule has 1 aromatic heterocycles. The van der Waals surface area contributed by atoms with Crippen molar-refractivity contribution in [3.8, 4) is 0 Å². The summed E-state index contributed by atoms with van der Waals surface area (Å²) >= 11 is 0. The molecule has 2 heteroatoms. The summed E-state index contributed by atoms with van der Waals surface area (Å²) in [6.07, 6.45) is 1.81. The van der Waals surface area contributed by atoms with Crippen molar-refractivity contribution < 1.29 is 0 Å². The maximum atomic E-state index is 11.2. The molecular formula is C10H17NO. The van der Waals surface area contributed by atoms with Crippen LogP contribution >= 0.6 is 0 Å². The second-order valence-corrected chi connectivity index (χ2v) is 3.58. The minimum Gasteiger partial charge on any atom is -0.310 e. The van der Waals surface area contributed by atoms with Crippen molar-refractivity contribution in [2.45, 2.75) is 33.7 Å². The van der Waals surface area contributed by atoms with Gasteiger partial charge < -0.3 is 4.57 Å².